The Morgan fingerprint density at radius 1 is 1.31 bits per heavy atom. The molecule has 1 aliphatic rings. The van der Waals surface area contributed by atoms with Gasteiger partial charge in [-0.3, -0.25) is 9.59 Å². The van der Waals surface area contributed by atoms with Crippen LogP contribution in [0.3, 0.4) is 0 Å². The fraction of sp³-hybridized carbons (Fsp3) is 0.455. The van der Waals surface area contributed by atoms with Crippen LogP contribution < -0.4 is 15.8 Å². The number of hydrogen-bond donors (Lipinski definition) is 2. The van der Waals surface area contributed by atoms with Crippen LogP contribution in [0, 0.1) is 13.8 Å². The number of halogens is 1. The number of H-pyrrole nitrogens is 1. The average molecular weight is 462 g/mol. The Morgan fingerprint density at radius 2 is 2.03 bits per heavy atom. The number of carbonyl (C=O) groups is 1. The van der Waals surface area contributed by atoms with E-state index in [1.54, 1.807) is 6.20 Å². The predicted molar refractivity (Wildman–Crippen MR) is 119 cm³/mol. The molecule has 2 heterocycles. The van der Waals surface area contributed by atoms with Gasteiger partial charge < -0.3 is 19.9 Å². The van der Waals surface area contributed by atoms with E-state index in [1.165, 1.54) is 0 Å². The molecule has 0 aliphatic carbocycles. The standard InChI is InChI=1S/C22H28BrN3O3/c1-4-26(17-6-9-29-10-7-17)20-12-16(23)11-18(15(20)3)21(27)25-13-19-14(2)5-8-24-22(19)28/h5,8,11-12,17H,4,6-7,9-10,13H2,1-3H3,(H,24,28)(H,25,27). The van der Waals surface area contributed by atoms with Crippen molar-refractivity contribution in [3.05, 3.63) is 61.5 Å². The third-order valence-corrected chi connectivity index (χ3v) is 6.05. The second-order valence-electron chi connectivity index (χ2n) is 7.38. The van der Waals surface area contributed by atoms with E-state index < -0.39 is 0 Å². The third kappa shape index (κ3) is 4.90. The minimum absolute atomic E-state index is 0.173. The zero-order valence-electron chi connectivity index (χ0n) is 17.2. The summed E-state index contributed by atoms with van der Waals surface area (Å²) < 4.78 is 6.37. The number of nitrogens with zero attached hydrogens (tertiary/aromatic N) is 1. The molecule has 1 aromatic carbocycles. The van der Waals surface area contributed by atoms with Gasteiger partial charge >= 0.3 is 0 Å². The molecule has 0 spiro atoms. The fourth-order valence-corrected chi connectivity index (χ4v) is 4.36. The van der Waals surface area contributed by atoms with E-state index in [0.717, 1.165) is 53.9 Å². The van der Waals surface area contributed by atoms with Crippen LogP contribution in [0.15, 0.2) is 33.7 Å². The second-order valence-corrected chi connectivity index (χ2v) is 8.29. The quantitative estimate of drug-likeness (QED) is 0.687. The van der Waals surface area contributed by atoms with Gasteiger partial charge in [-0.2, -0.15) is 0 Å². The third-order valence-electron chi connectivity index (χ3n) is 5.59. The van der Waals surface area contributed by atoms with Crippen LogP contribution in [0.4, 0.5) is 5.69 Å². The van der Waals surface area contributed by atoms with Gasteiger partial charge in [0.15, 0.2) is 0 Å². The Morgan fingerprint density at radius 3 is 2.69 bits per heavy atom. The van der Waals surface area contributed by atoms with Crippen molar-refractivity contribution < 1.29 is 9.53 Å². The molecule has 1 fully saturated rings. The molecular formula is C22H28BrN3O3. The second kappa shape index (κ2) is 9.59. The van der Waals surface area contributed by atoms with Gasteiger partial charge in [0.2, 0.25) is 0 Å². The monoisotopic (exact) mass is 461 g/mol. The number of hydrogen-bond acceptors (Lipinski definition) is 4. The highest BCUT2D eigenvalue weighted by atomic mass is 79.9. The fourth-order valence-electron chi connectivity index (χ4n) is 3.91. The molecule has 156 valence electrons. The zero-order chi connectivity index (χ0) is 21.0. The molecule has 0 atom stereocenters. The number of amides is 1. The molecule has 1 saturated heterocycles. The van der Waals surface area contributed by atoms with E-state index in [-0.39, 0.29) is 18.0 Å². The van der Waals surface area contributed by atoms with Gasteiger partial charge in [-0.15, -0.1) is 0 Å². The highest BCUT2D eigenvalue weighted by molar-refractivity contribution is 9.10. The van der Waals surface area contributed by atoms with Crippen LogP contribution >= 0.6 is 15.9 Å². The van der Waals surface area contributed by atoms with Crippen molar-refractivity contribution in [3.63, 3.8) is 0 Å². The molecule has 29 heavy (non-hydrogen) atoms. The van der Waals surface area contributed by atoms with Crippen molar-refractivity contribution >= 4 is 27.5 Å². The number of aromatic amines is 1. The number of benzene rings is 1. The van der Waals surface area contributed by atoms with E-state index >= 15 is 0 Å². The summed E-state index contributed by atoms with van der Waals surface area (Å²) in [5.74, 6) is -0.185. The molecule has 0 saturated carbocycles. The molecule has 2 N–H and O–H groups in total. The molecule has 1 aromatic heterocycles. The SMILES string of the molecule is CCN(c1cc(Br)cc(C(=O)NCc2c(C)cc[nH]c2=O)c1C)C1CCOCC1. The topological polar surface area (TPSA) is 74.4 Å². The number of ether oxygens (including phenoxy) is 1. The molecule has 1 aliphatic heterocycles. The van der Waals surface area contributed by atoms with E-state index in [9.17, 15) is 9.59 Å². The van der Waals surface area contributed by atoms with E-state index in [0.29, 0.717) is 17.2 Å². The highest BCUT2D eigenvalue weighted by Gasteiger charge is 2.24. The summed E-state index contributed by atoms with van der Waals surface area (Å²) in [6.07, 6.45) is 3.58. The summed E-state index contributed by atoms with van der Waals surface area (Å²) >= 11 is 3.57. The maximum absolute atomic E-state index is 13.0. The Labute approximate surface area is 179 Å². The van der Waals surface area contributed by atoms with Crippen molar-refractivity contribution in [2.45, 2.75) is 46.2 Å². The van der Waals surface area contributed by atoms with E-state index in [1.807, 2.05) is 26.0 Å². The maximum Gasteiger partial charge on any atom is 0.253 e. The first-order valence-electron chi connectivity index (χ1n) is 10.0. The van der Waals surface area contributed by atoms with Crippen LogP contribution in [0.5, 0.6) is 0 Å². The summed E-state index contributed by atoms with van der Waals surface area (Å²) in [6, 6.07) is 6.16. The zero-order valence-corrected chi connectivity index (χ0v) is 18.8. The van der Waals surface area contributed by atoms with Gasteiger partial charge in [0.05, 0.1) is 0 Å². The van der Waals surface area contributed by atoms with Crippen LogP contribution in [0.2, 0.25) is 0 Å². The Kier molecular flexibility index (Phi) is 7.14. The van der Waals surface area contributed by atoms with Gasteiger partial charge in [-0.1, -0.05) is 15.9 Å². The summed E-state index contributed by atoms with van der Waals surface area (Å²) in [4.78, 5) is 30.0. The minimum Gasteiger partial charge on any atom is -0.381 e. The average Bonchev–Trinajstić information content (AvgIpc) is 2.71. The molecule has 7 heteroatoms. The summed E-state index contributed by atoms with van der Waals surface area (Å²) in [6.45, 7) is 8.59. The molecule has 1 amide bonds. The molecule has 0 unspecified atom stereocenters. The Hall–Kier alpha value is -2.12. The van der Waals surface area contributed by atoms with Crippen LogP contribution in [-0.4, -0.2) is 36.7 Å². The van der Waals surface area contributed by atoms with Gasteiger partial charge in [0, 0.05) is 59.8 Å². The van der Waals surface area contributed by atoms with Crippen molar-refractivity contribution in [1.29, 1.82) is 0 Å². The molecule has 2 aromatic rings. The number of aryl methyl sites for hydroxylation is 1. The molecule has 3 rings (SSSR count). The predicted octanol–water partition coefficient (Wildman–Crippen LogP) is 3.69. The smallest absolute Gasteiger partial charge is 0.253 e. The van der Waals surface area contributed by atoms with Crippen LogP contribution in [-0.2, 0) is 11.3 Å². The van der Waals surface area contributed by atoms with Gasteiger partial charge in [0.1, 0.15) is 0 Å². The van der Waals surface area contributed by atoms with Gasteiger partial charge in [-0.25, -0.2) is 0 Å². The normalized spacial score (nSPS) is 14.6. The lowest BCUT2D eigenvalue weighted by Crippen LogP contribution is -2.40. The van der Waals surface area contributed by atoms with Crippen molar-refractivity contribution in [1.82, 2.24) is 10.3 Å². The number of carbonyl (C=O) groups excluding carboxylic acids is 1. The van der Waals surface area contributed by atoms with Crippen molar-refractivity contribution in [3.8, 4) is 0 Å². The number of pyridine rings is 1. The van der Waals surface area contributed by atoms with E-state index in [2.05, 4.69) is 44.1 Å². The first-order chi connectivity index (χ1) is 13.9. The number of nitrogens with one attached hydrogen (secondary N) is 2. The van der Waals surface area contributed by atoms with Crippen LogP contribution in [0.25, 0.3) is 0 Å². The number of anilines is 1. The maximum atomic E-state index is 13.0. The summed E-state index contributed by atoms with van der Waals surface area (Å²) in [5, 5.41) is 2.91. The lowest BCUT2D eigenvalue weighted by atomic mass is 10.0. The highest BCUT2D eigenvalue weighted by Crippen LogP contribution is 2.31. The largest absolute Gasteiger partial charge is 0.381 e. The lowest BCUT2D eigenvalue weighted by Gasteiger charge is -2.36. The van der Waals surface area contributed by atoms with Crippen molar-refractivity contribution in [2.24, 2.45) is 0 Å². The van der Waals surface area contributed by atoms with Crippen molar-refractivity contribution in [2.75, 3.05) is 24.7 Å². The summed E-state index contributed by atoms with van der Waals surface area (Å²) in [5.41, 5.74) is 3.88. The van der Waals surface area contributed by atoms with Gasteiger partial charge in [-0.05, 0) is 62.9 Å². The van der Waals surface area contributed by atoms with Crippen LogP contribution in [0.1, 0.15) is 46.8 Å². The first-order valence-corrected chi connectivity index (χ1v) is 10.8. The number of rotatable bonds is 6. The molecule has 0 radical (unpaired) electrons. The Bertz CT molecular complexity index is 935. The molecular weight excluding hydrogens is 434 g/mol. The Balaban J connectivity index is 1.85. The molecule has 0 bridgehead atoms. The first kappa shape index (κ1) is 21.6. The lowest BCUT2D eigenvalue weighted by molar-refractivity contribution is 0.0845. The van der Waals surface area contributed by atoms with E-state index in [4.69, 9.17) is 4.74 Å². The molecule has 6 nitrogen and oxygen atoms in total. The summed E-state index contributed by atoms with van der Waals surface area (Å²) in [7, 11) is 0. The minimum atomic E-state index is -0.185. The number of aromatic nitrogens is 1. The van der Waals surface area contributed by atoms with Gasteiger partial charge in [0.25, 0.3) is 11.5 Å².